The summed E-state index contributed by atoms with van der Waals surface area (Å²) in [5.74, 6) is 0.570. The summed E-state index contributed by atoms with van der Waals surface area (Å²) in [5.41, 5.74) is -0.227. The lowest BCUT2D eigenvalue weighted by atomic mass is 9.99. The van der Waals surface area contributed by atoms with Crippen LogP contribution in [0.3, 0.4) is 0 Å². The van der Waals surface area contributed by atoms with E-state index in [1.165, 1.54) is 0 Å². The average Bonchev–Trinajstić information content (AvgIpc) is 2.35. The summed E-state index contributed by atoms with van der Waals surface area (Å²) in [6.07, 6.45) is 1.88. The number of nitrogens with one attached hydrogen (secondary N) is 1. The number of aliphatic hydroxyl groups is 1. The highest BCUT2D eigenvalue weighted by Gasteiger charge is 2.21. The van der Waals surface area contributed by atoms with Crippen LogP contribution < -0.4 is 5.32 Å². The van der Waals surface area contributed by atoms with E-state index in [4.69, 9.17) is 9.47 Å². The predicted octanol–water partition coefficient (Wildman–Crippen LogP) is 1.82. The normalized spacial score (nSPS) is 15.0. The molecule has 0 aliphatic rings. The van der Waals surface area contributed by atoms with Crippen LogP contribution in [0.4, 0.5) is 0 Å². The highest BCUT2D eigenvalue weighted by atomic mass is 16.5. The summed E-state index contributed by atoms with van der Waals surface area (Å²) in [6, 6.07) is 0. The standard InChI is InChI=1S/C14H31NO3/c1-5-7-15-14(4,12-16)6-8-17-9-10-18-11-13(2)3/h13,15-16H,5-12H2,1-4H3. The Balaban J connectivity index is 3.50. The van der Waals surface area contributed by atoms with Crippen molar-refractivity contribution in [3.63, 3.8) is 0 Å². The molecule has 0 saturated carbocycles. The van der Waals surface area contributed by atoms with E-state index in [-0.39, 0.29) is 12.1 Å². The van der Waals surface area contributed by atoms with Gasteiger partial charge in [0.2, 0.25) is 0 Å². The van der Waals surface area contributed by atoms with Gasteiger partial charge in [0.25, 0.3) is 0 Å². The highest BCUT2D eigenvalue weighted by Crippen LogP contribution is 2.08. The predicted molar refractivity (Wildman–Crippen MR) is 74.9 cm³/mol. The van der Waals surface area contributed by atoms with Gasteiger partial charge in [-0.3, -0.25) is 0 Å². The molecule has 0 amide bonds. The summed E-state index contributed by atoms with van der Waals surface area (Å²) >= 11 is 0. The first kappa shape index (κ1) is 17.8. The quantitative estimate of drug-likeness (QED) is 0.526. The molecule has 18 heavy (non-hydrogen) atoms. The summed E-state index contributed by atoms with van der Waals surface area (Å²) in [5, 5.41) is 12.7. The Bertz CT molecular complexity index is 188. The topological polar surface area (TPSA) is 50.7 Å². The third kappa shape index (κ3) is 9.83. The number of rotatable bonds is 12. The molecular formula is C14H31NO3. The Morgan fingerprint density at radius 1 is 1.17 bits per heavy atom. The second kappa shape index (κ2) is 10.7. The van der Waals surface area contributed by atoms with Crippen LogP contribution >= 0.6 is 0 Å². The molecule has 0 aliphatic carbocycles. The lowest BCUT2D eigenvalue weighted by molar-refractivity contribution is 0.0267. The molecule has 4 nitrogen and oxygen atoms in total. The minimum Gasteiger partial charge on any atom is -0.394 e. The largest absolute Gasteiger partial charge is 0.394 e. The van der Waals surface area contributed by atoms with Crippen molar-refractivity contribution in [2.24, 2.45) is 5.92 Å². The molecule has 0 aromatic heterocycles. The number of ether oxygens (including phenoxy) is 2. The molecule has 2 N–H and O–H groups in total. The van der Waals surface area contributed by atoms with Crippen LogP contribution in [0, 0.1) is 5.92 Å². The van der Waals surface area contributed by atoms with Gasteiger partial charge in [0.05, 0.1) is 19.8 Å². The Kier molecular flexibility index (Phi) is 10.6. The molecule has 0 aromatic rings. The molecule has 0 saturated heterocycles. The smallest absolute Gasteiger partial charge is 0.0700 e. The minimum atomic E-state index is -0.227. The second-order valence-electron chi connectivity index (χ2n) is 5.48. The first-order valence-corrected chi connectivity index (χ1v) is 7.05. The zero-order valence-electron chi connectivity index (χ0n) is 12.5. The van der Waals surface area contributed by atoms with Crippen molar-refractivity contribution in [1.82, 2.24) is 5.32 Å². The Hall–Kier alpha value is -0.160. The second-order valence-corrected chi connectivity index (χ2v) is 5.48. The van der Waals surface area contributed by atoms with E-state index >= 15 is 0 Å². The third-order valence-electron chi connectivity index (χ3n) is 2.77. The molecule has 1 unspecified atom stereocenters. The molecule has 4 heteroatoms. The molecule has 0 rings (SSSR count). The Morgan fingerprint density at radius 2 is 1.83 bits per heavy atom. The summed E-state index contributed by atoms with van der Waals surface area (Å²) in [7, 11) is 0. The molecule has 0 heterocycles. The van der Waals surface area contributed by atoms with Crippen molar-refractivity contribution in [2.45, 2.75) is 46.1 Å². The van der Waals surface area contributed by atoms with E-state index < -0.39 is 0 Å². The molecule has 0 spiro atoms. The van der Waals surface area contributed by atoms with Gasteiger partial charge in [-0.2, -0.15) is 0 Å². The average molecular weight is 261 g/mol. The molecule has 1 atom stereocenters. The molecule has 0 aromatic carbocycles. The highest BCUT2D eigenvalue weighted by molar-refractivity contribution is 4.81. The van der Waals surface area contributed by atoms with Crippen molar-refractivity contribution in [3.05, 3.63) is 0 Å². The monoisotopic (exact) mass is 261 g/mol. The molecular weight excluding hydrogens is 230 g/mol. The van der Waals surface area contributed by atoms with Gasteiger partial charge in [-0.1, -0.05) is 20.8 Å². The van der Waals surface area contributed by atoms with E-state index in [2.05, 4.69) is 26.1 Å². The van der Waals surface area contributed by atoms with Crippen LogP contribution in [0.2, 0.25) is 0 Å². The van der Waals surface area contributed by atoms with Gasteiger partial charge in [0.15, 0.2) is 0 Å². The maximum Gasteiger partial charge on any atom is 0.0700 e. The van der Waals surface area contributed by atoms with Gasteiger partial charge in [0, 0.05) is 18.8 Å². The maximum absolute atomic E-state index is 9.37. The fourth-order valence-electron chi connectivity index (χ4n) is 1.49. The number of aliphatic hydroxyl groups excluding tert-OH is 1. The molecule has 0 radical (unpaired) electrons. The van der Waals surface area contributed by atoms with Gasteiger partial charge in [-0.05, 0) is 32.2 Å². The molecule has 0 fully saturated rings. The van der Waals surface area contributed by atoms with Gasteiger partial charge in [-0.15, -0.1) is 0 Å². The lowest BCUT2D eigenvalue weighted by Gasteiger charge is -2.28. The fourth-order valence-corrected chi connectivity index (χ4v) is 1.49. The Morgan fingerprint density at radius 3 is 2.39 bits per heavy atom. The van der Waals surface area contributed by atoms with E-state index in [1.807, 2.05) is 6.92 Å². The Labute approximate surface area is 112 Å². The van der Waals surface area contributed by atoms with Crippen LogP contribution in [0.5, 0.6) is 0 Å². The van der Waals surface area contributed by atoms with Crippen molar-refractivity contribution >= 4 is 0 Å². The summed E-state index contributed by atoms with van der Waals surface area (Å²) in [6.45, 7) is 12.2. The van der Waals surface area contributed by atoms with Gasteiger partial charge in [-0.25, -0.2) is 0 Å². The van der Waals surface area contributed by atoms with Crippen LogP contribution in [0.25, 0.3) is 0 Å². The van der Waals surface area contributed by atoms with Crippen LogP contribution in [-0.2, 0) is 9.47 Å². The van der Waals surface area contributed by atoms with Crippen molar-refractivity contribution in [3.8, 4) is 0 Å². The first-order valence-electron chi connectivity index (χ1n) is 7.05. The van der Waals surface area contributed by atoms with Crippen LogP contribution in [-0.4, -0.2) is 50.2 Å². The fraction of sp³-hybridized carbons (Fsp3) is 1.00. The van der Waals surface area contributed by atoms with E-state index in [1.54, 1.807) is 0 Å². The van der Waals surface area contributed by atoms with Crippen molar-refractivity contribution < 1.29 is 14.6 Å². The van der Waals surface area contributed by atoms with Crippen molar-refractivity contribution in [1.29, 1.82) is 0 Å². The summed E-state index contributed by atoms with van der Waals surface area (Å²) < 4.78 is 10.9. The van der Waals surface area contributed by atoms with Crippen molar-refractivity contribution in [2.75, 3.05) is 39.6 Å². The van der Waals surface area contributed by atoms with E-state index in [0.29, 0.717) is 25.7 Å². The number of hydrogen-bond donors (Lipinski definition) is 2. The van der Waals surface area contributed by atoms with E-state index in [9.17, 15) is 5.11 Å². The van der Waals surface area contributed by atoms with Crippen LogP contribution in [0.1, 0.15) is 40.5 Å². The minimum absolute atomic E-state index is 0.139. The molecule has 0 bridgehead atoms. The van der Waals surface area contributed by atoms with Gasteiger partial charge < -0.3 is 19.9 Å². The molecule has 0 aliphatic heterocycles. The zero-order valence-corrected chi connectivity index (χ0v) is 12.5. The van der Waals surface area contributed by atoms with Gasteiger partial charge >= 0.3 is 0 Å². The molecule has 110 valence electrons. The summed E-state index contributed by atoms with van der Waals surface area (Å²) in [4.78, 5) is 0. The maximum atomic E-state index is 9.37. The SMILES string of the molecule is CCCNC(C)(CO)CCOCCOCC(C)C. The number of hydrogen-bond acceptors (Lipinski definition) is 4. The van der Waals surface area contributed by atoms with Crippen LogP contribution in [0.15, 0.2) is 0 Å². The third-order valence-corrected chi connectivity index (χ3v) is 2.77. The van der Waals surface area contributed by atoms with Gasteiger partial charge in [0.1, 0.15) is 0 Å². The lowest BCUT2D eigenvalue weighted by Crippen LogP contribution is -2.46. The van der Waals surface area contributed by atoms with E-state index in [0.717, 1.165) is 26.0 Å². The first-order chi connectivity index (χ1) is 8.54. The zero-order chi connectivity index (χ0) is 13.9.